The maximum atomic E-state index is 13.3. The Morgan fingerprint density at radius 2 is 1.03 bits per heavy atom. The van der Waals surface area contributed by atoms with Crippen LogP contribution in [0.15, 0.2) is 88.6 Å². The molecular weight excluding hydrogens is 888 g/mol. The van der Waals surface area contributed by atoms with E-state index in [1.165, 1.54) is 21.3 Å². The molecule has 11 nitrogen and oxygen atoms in total. The van der Waals surface area contributed by atoms with E-state index in [0.717, 1.165) is 82.0 Å². The molecule has 6 aromatic rings. The summed E-state index contributed by atoms with van der Waals surface area (Å²) in [5, 5.41) is 1.51. The highest BCUT2D eigenvalue weighted by molar-refractivity contribution is 6.43. The summed E-state index contributed by atoms with van der Waals surface area (Å²) in [5.74, 6) is 2.65. The molecule has 4 N–H and O–H groups in total. The molecule has 0 amide bonds. The molecule has 2 spiro atoms. The van der Waals surface area contributed by atoms with E-state index < -0.39 is 0 Å². The number of nitrogens with two attached hydrogens (primary N) is 2. The van der Waals surface area contributed by atoms with E-state index in [2.05, 4.69) is 45.1 Å². The second-order valence-corrected chi connectivity index (χ2v) is 19.5. The van der Waals surface area contributed by atoms with Crippen molar-refractivity contribution in [3.63, 3.8) is 0 Å². The van der Waals surface area contributed by atoms with Crippen LogP contribution in [0.2, 0.25) is 20.1 Å². The van der Waals surface area contributed by atoms with E-state index >= 15 is 0 Å². The lowest BCUT2D eigenvalue weighted by molar-refractivity contribution is 0.186. The van der Waals surface area contributed by atoms with Crippen LogP contribution >= 0.6 is 46.4 Å². The molecule has 4 aliphatic rings. The summed E-state index contributed by atoms with van der Waals surface area (Å²) < 4.78 is 3.08. The van der Waals surface area contributed by atoms with Crippen LogP contribution < -0.4 is 32.4 Å². The number of nitrogens with zero attached hydrogens (tertiary/aromatic N) is 7. The maximum absolute atomic E-state index is 13.3. The Bertz CT molecular complexity index is 2720. The summed E-state index contributed by atoms with van der Waals surface area (Å²) in [6.07, 6.45) is 7.62. The normalized spacial score (nSPS) is 19.4. The van der Waals surface area contributed by atoms with Gasteiger partial charge in [-0.1, -0.05) is 88.9 Å². The van der Waals surface area contributed by atoms with Gasteiger partial charge in [-0.25, -0.2) is 9.97 Å². The molecule has 2 aliphatic carbocycles. The van der Waals surface area contributed by atoms with Gasteiger partial charge < -0.3 is 21.3 Å². The fourth-order valence-electron chi connectivity index (χ4n) is 10.7. The van der Waals surface area contributed by atoms with Crippen molar-refractivity contribution in [1.29, 1.82) is 0 Å². The van der Waals surface area contributed by atoms with E-state index in [1.54, 1.807) is 41.0 Å². The Balaban J connectivity index is 0.000000162. The first-order chi connectivity index (χ1) is 30.6. The second-order valence-electron chi connectivity index (χ2n) is 17.9. The standard InChI is InChI=1S/C25H26Cl2N4O.C24H25Cl2N5O/c1-15-23(29-16(2)31(24(15)32)20-9-5-8-19(26)21(20)27)30-12-10-25(11-13-30)14-17-6-3-4-7-18(17)22(25)28;1-14-22(29-15(2)31(23(14)32)19-7-3-6-17(25)20(19)26)30-11-8-24(9-12-30)13-18-16(21(24)27)5-4-10-28-18/h3-9,22H,10-14,28H2,1-2H3;3-7,10,21H,8-9,11-13,27H2,1-2H3/t22-;21-/m11/s1. The van der Waals surface area contributed by atoms with Crippen LogP contribution in [0, 0.1) is 38.5 Å². The average molecular weight is 940 g/mol. The molecule has 2 aliphatic heterocycles. The van der Waals surface area contributed by atoms with E-state index in [-0.39, 0.29) is 34.0 Å². The zero-order chi connectivity index (χ0) is 45.2. The van der Waals surface area contributed by atoms with Gasteiger partial charge in [0.2, 0.25) is 0 Å². The zero-order valence-corrected chi connectivity index (χ0v) is 39.4. The Morgan fingerprint density at radius 3 is 1.52 bits per heavy atom. The molecule has 2 saturated heterocycles. The summed E-state index contributed by atoms with van der Waals surface area (Å²) in [4.78, 5) is 45.3. The third-order valence-electron chi connectivity index (χ3n) is 14.4. The van der Waals surface area contributed by atoms with Gasteiger partial charge in [0.25, 0.3) is 11.1 Å². The number of benzene rings is 3. The predicted molar refractivity (Wildman–Crippen MR) is 258 cm³/mol. The number of piperidine rings is 2. The molecule has 64 heavy (non-hydrogen) atoms. The zero-order valence-electron chi connectivity index (χ0n) is 36.3. The highest BCUT2D eigenvalue weighted by Gasteiger charge is 2.48. The molecule has 15 heteroatoms. The first-order valence-electron chi connectivity index (χ1n) is 21.8. The Kier molecular flexibility index (Phi) is 12.0. The van der Waals surface area contributed by atoms with Crippen LogP contribution in [-0.4, -0.2) is 50.3 Å². The van der Waals surface area contributed by atoms with Crippen LogP contribution in [0.5, 0.6) is 0 Å². The number of aryl methyl sites for hydroxylation is 2. The molecule has 2 atom stereocenters. The lowest BCUT2D eigenvalue weighted by Crippen LogP contribution is -2.45. The van der Waals surface area contributed by atoms with Crippen LogP contribution in [-0.2, 0) is 12.8 Å². The van der Waals surface area contributed by atoms with Crippen molar-refractivity contribution in [2.75, 3.05) is 36.0 Å². The van der Waals surface area contributed by atoms with E-state index in [9.17, 15) is 9.59 Å². The first kappa shape index (κ1) is 44.5. The largest absolute Gasteiger partial charge is 0.356 e. The fraction of sp³-hybridized carbons (Fsp3) is 0.367. The van der Waals surface area contributed by atoms with Crippen molar-refractivity contribution >= 4 is 58.0 Å². The second kappa shape index (κ2) is 17.2. The van der Waals surface area contributed by atoms with Crippen LogP contribution in [0.1, 0.15) is 82.9 Å². The van der Waals surface area contributed by atoms with Gasteiger partial charge in [-0.15, -0.1) is 0 Å². The molecule has 0 unspecified atom stereocenters. The Hall–Kier alpha value is -4.75. The number of pyridine rings is 1. The van der Waals surface area contributed by atoms with Gasteiger partial charge >= 0.3 is 0 Å². The van der Waals surface area contributed by atoms with Crippen LogP contribution in [0.25, 0.3) is 11.4 Å². The molecular formula is C49H51Cl4N9O2. The number of hydrogen-bond donors (Lipinski definition) is 2. The monoisotopic (exact) mass is 937 g/mol. The van der Waals surface area contributed by atoms with Crippen LogP contribution in [0.4, 0.5) is 11.6 Å². The van der Waals surface area contributed by atoms with Gasteiger partial charge in [0.15, 0.2) is 0 Å². The molecule has 3 aromatic heterocycles. The smallest absolute Gasteiger partial charge is 0.263 e. The van der Waals surface area contributed by atoms with E-state index in [0.29, 0.717) is 54.2 Å². The van der Waals surface area contributed by atoms with E-state index in [4.69, 9.17) is 67.8 Å². The Morgan fingerprint density at radius 1 is 0.578 bits per heavy atom. The summed E-state index contributed by atoms with van der Waals surface area (Å²) in [7, 11) is 0. The number of hydrogen-bond acceptors (Lipinski definition) is 9. The topological polar surface area (TPSA) is 141 Å². The van der Waals surface area contributed by atoms with Crippen molar-refractivity contribution in [2.45, 2.75) is 78.3 Å². The van der Waals surface area contributed by atoms with Crippen molar-refractivity contribution in [3.05, 3.63) is 165 Å². The van der Waals surface area contributed by atoms with Crippen molar-refractivity contribution < 1.29 is 0 Å². The predicted octanol–water partition coefficient (Wildman–Crippen LogP) is 9.39. The van der Waals surface area contributed by atoms with Gasteiger partial charge in [-0.2, -0.15) is 0 Å². The van der Waals surface area contributed by atoms with Gasteiger partial charge in [-0.3, -0.25) is 23.7 Å². The highest BCUT2D eigenvalue weighted by atomic mass is 35.5. The van der Waals surface area contributed by atoms with Crippen molar-refractivity contribution in [1.82, 2.24) is 24.1 Å². The molecule has 10 rings (SSSR count). The summed E-state index contributed by atoms with van der Waals surface area (Å²) >= 11 is 25.1. The molecule has 2 fully saturated rings. The molecule has 332 valence electrons. The minimum absolute atomic E-state index is 0.00196. The third kappa shape index (κ3) is 7.52. The van der Waals surface area contributed by atoms with E-state index in [1.807, 2.05) is 40.0 Å². The number of fused-ring (bicyclic) bond motifs is 2. The SMILES string of the molecule is Cc1c(N2CCC3(CC2)Cc2ccccc2[C@H]3N)nc(C)n(-c2cccc(Cl)c2Cl)c1=O.Cc1c(N2CCC3(CC2)Cc2ncccc2[C@H]3N)nc(C)n(-c2cccc(Cl)c2Cl)c1=O. The number of rotatable bonds is 4. The quantitative estimate of drug-likeness (QED) is 0.177. The Labute approximate surface area is 393 Å². The molecule has 3 aromatic carbocycles. The number of aromatic nitrogens is 5. The summed E-state index contributed by atoms with van der Waals surface area (Å²) in [6.45, 7) is 10.6. The van der Waals surface area contributed by atoms with Gasteiger partial charge in [0.05, 0.1) is 42.6 Å². The maximum Gasteiger partial charge on any atom is 0.263 e. The van der Waals surface area contributed by atoms with Gasteiger partial charge in [0.1, 0.15) is 23.3 Å². The lowest BCUT2D eigenvalue weighted by atomic mass is 9.73. The van der Waals surface area contributed by atoms with Crippen molar-refractivity contribution in [2.24, 2.45) is 22.3 Å². The first-order valence-corrected chi connectivity index (χ1v) is 23.3. The van der Waals surface area contributed by atoms with Crippen molar-refractivity contribution in [3.8, 4) is 11.4 Å². The number of halogens is 4. The minimum Gasteiger partial charge on any atom is -0.356 e. The van der Waals surface area contributed by atoms with Gasteiger partial charge in [0, 0.05) is 50.2 Å². The number of anilines is 2. The van der Waals surface area contributed by atoms with Crippen LogP contribution in [0.3, 0.4) is 0 Å². The fourth-order valence-corrected chi connectivity index (χ4v) is 11.4. The molecule has 0 bridgehead atoms. The molecule has 0 radical (unpaired) electrons. The summed E-state index contributed by atoms with van der Waals surface area (Å²) in [5.41, 5.74) is 20.5. The third-order valence-corrected chi connectivity index (χ3v) is 16.0. The lowest BCUT2D eigenvalue weighted by Gasteiger charge is -2.43. The summed E-state index contributed by atoms with van der Waals surface area (Å²) in [6, 6.07) is 23.2. The minimum atomic E-state index is -0.133. The highest BCUT2D eigenvalue weighted by Crippen LogP contribution is 2.52. The average Bonchev–Trinajstić information content (AvgIpc) is 3.72. The molecule has 5 heterocycles. The molecule has 0 saturated carbocycles. The van der Waals surface area contributed by atoms with Gasteiger partial charge in [-0.05, 0) is 124 Å².